The van der Waals surface area contributed by atoms with Crippen molar-refractivity contribution in [3.05, 3.63) is 91.9 Å². The van der Waals surface area contributed by atoms with Crippen molar-refractivity contribution < 1.29 is 18.0 Å². The van der Waals surface area contributed by atoms with E-state index >= 15 is 0 Å². The Morgan fingerprint density at radius 2 is 1.61 bits per heavy atom. The van der Waals surface area contributed by atoms with Crippen LogP contribution in [0, 0.1) is 6.92 Å². The summed E-state index contributed by atoms with van der Waals surface area (Å²) in [4.78, 5) is 29.4. The maximum atomic E-state index is 14.3. The zero-order valence-corrected chi connectivity index (χ0v) is 28.4. The van der Waals surface area contributed by atoms with Gasteiger partial charge in [0.25, 0.3) is 10.0 Å². The Labute approximate surface area is 279 Å². The lowest BCUT2D eigenvalue weighted by atomic mass is 9.95. The molecule has 3 aromatic carbocycles. The summed E-state index contributed by atoms with van der Waals surface area (Å²) in [6.07, 6.45) is 5.21. The summed E-state index contributed by atoms with van der Waals surface area (Å²) in [6, 6.07) is 14.9. The molecule has 0 heterocycles. The summed E-state index contributed by atoms with van der Waals surface area (Å²) in [6.45, 7) is 2.96. The average molecular weight is 700 g/mol. The number of halogens is 4. The zero-order valence-electron chi connectivity index (χ0n) is 24.5. The van der Waals surface area contributed by atoms with Gasteiger partial charge < -0.3 is 10.2 Å². The largest absolute Gasteiger partial charge is 0.352 e. The van der Waals surface area contributed by atoms with Gasteiger partial charge in [0.2, 0.25) is 11.8 Å². The van der Waals surface area contributed by atoms with Gasteiger partial charge in [-0.25, -0.2) is 8.42 Å². The van der Waals surface area contributed by atoms with E-state index in [9.17, 15) is 18.0 Å². The van der Waals surface area contributed by atoms with Gasteiger partial charge in [0.15, 0.2) is 0 Å². The highest BCUT2D eigenvalue weighted by atomic mass is 35.5. The van der Waals surface area contributed by atoms with Crippen LogP contribution in [0.2, 0.25) is 20.1 Å². The number of benzene rings is 3. The minimum Gasteiger partial charge on any atom is -0.352 e. The molecule has 0 radical (unpaired) electrons. The summed E-state index contributed by atoms with van der Waals surface area (Å²) in [5.74, 6) is -0.917. The maximum absolute atomic E-state index is 14.3. The number of rotatable bonds is 11. The molecule has 1 saturated carbocycles. The minimum atomic E-state index is -4.30. The normalized spacial score (nSPS) is 14.6. The first-order chi connectivity index (χ1) is 20.9. The van der Waals surface area contributed by atoms with Gasteiger partial charge in [0.05, 0.1) is 20.6 Å². The molecule has 1 atom stereocenters. The van der Waals surface area contributed by atoms with Crippen LogP contribution in [0.25, 0.3) is 0 Å². The van der Waals surface area contributed by atoms with Crippen molar-refractivity contribution in [3.8, 4) is 0 Å². The molecule has 0 saturated heterocycles. The van der Waals surface area contributed by atoms with E-state index < -0.39 is 28.5 Å². The molecule has 1 N–H and O–H groups in total. The van der Waals surface area contributed by atoms with Crippen molar-refractivity contribution >= 4 is 73.9 Å². The number of hydrogen-bond acceptors (Lipinski definition) is 4. The predicted molar refractivity (Wildman–Crippen MR) is 178 cm³/mol. The monoisotopic (exact) mass is 697 g/mol. The van der Waals surface area contributed by atoms with Gasteiger partial charge in [-0.15, -0.1) is 0 Å². The van der Waals surface area contributed by atoms with Crippen LogP contribution in [0.3, 0.4) is 0 Å². The Balaban J connectivity index is 1.76. The zero-order chi connectivity index (χ0) is 32.0. The maximum Gasteiger partial charge on any atom is 0.264 e. The molecular formula is C32H35Cl4N3O4S. The Morgan fingerprint density at radius 1 is 0.932 bits per heavy atom. The molecule has 3 aromatic rings. The molecule has 1 aliphatic carbocycles. The van der Waals surface area contributed by atoms with Crippen LogP contribution in [0.4, 0.5) is 5.69 Å². The summed E-state index contributed by atoms with van der Waals surface area (Å²) >= 11 is 25.4. The second-order valence-corrected chi connectivity index (χ2v) is 14.4. The molecule has 44 heavy (non-hydrogen) atoms. The molecule has 236 valence electrons. The van der Waals surface area contributed by atoms with Crippen LogP contribution in [0.15, 0.2) is 65.6 Å². The number of aryl methyl sites for hydroxylation is 1. The quantitative estimate of drug-likeness (QED) is 0.220. The number of carbonyl (C=O) groups is 2. The fourth-order valence-corrected chi connectivity index (χ4v) is 7.67. The van der Waals surface area contributed by atoms with Gasteiger partial charge in [-0.2, -0.15) is 0 Å². The topological polar surface area (TPSA) is 86.8 Å². The van der Waals surface area contributed by atoms with Gasteiger partial charge in [-0.3, -0.25) is 13.9 Å². The van der Waals surface area contributed by atoms with Crippen molar-refractivity contribution in [2.24, 2.45) is 0 Å². The van der Waals surface area contributed by atoms with Crippen molar-refractivity contribution in [1.82, 2.24) is 10.2 Å². The van der Waals surface area contributed by atoms with Crippen LogP contribution in [0.5, 0.6) is 0 Å². The van der Waals surface area contributed by atoms with Crippen molar-refractivity contribution in [1.29, 1.82) is 0 Å². The predicted octanol–water partition coefficient (Wildman–Crippen LogP) is 8.06. The lowest BCUT2D eigenvalue weighted by Crippen LogP contribution is -2.54. The number of carbonyl (C=O) groups excluding carboxylic acids is 2. The van der Waals surface area contributed by atoms with E-state index in [0.717, 1.165) is 42.0 Å². The Hall–Kier alpha value is -2.49. The number of amides is 2. The molecule has 0 aromatic heterocycles. The average Bonchev–Trinajstić information content (AvgIpc) is 2.99. The Bertz CT molecular complexity index is 1600. The van der Waals surface area contributed by atoms with E-state index in [-0.39, 0.29) is 45.5 Å². The van der Waals surface area contributed by atoms with Crippen LogP contribution < -0.4 is 9.62 Å². The SMILES string of the molecule is CCC(C(=O)NC1CCCCC1)N(Cc1ccc(Cl)cc1Cl)C(=O)CN(c1cccc(Cl)c1Cl)S(=O)(=O)c1ccc(C)cc1. The second-order valence-electron chi connectivity index (χ2n) is 10.9. The van der Waals surface area contributed by atoms with Gasteiger partial charge in [-0.05, 0) is 68.1 Å². The number of sulfonamides is 1. The van der Waals surface area contributed by atoms with Crippen molar-refractivity contribution in [3.63, 3.8) is 0 Å². The Kier molecular flexibility index (Phi) is 11.9. The first-order valence-corrected chi connectivity index (χ1v) is 17.4. The van der Waals surface area contributed by atoms with Gasteiger partial charge in [0, 0.05) is 22.6 Å². The van der Waals surface area contributed by atoms with E-state index in [4.69, 9.17) is 46.4 Å². The van der Waals surface area contributed by atoms with Gasteiger partial charge in [0.1, 0.15) is 12.6 Å². The molecular weight excluding hydrogens is 664 g/mol. The second kappa shape index (κ2) is 15.2. The van der Waals surface area contributed by atoms with Crippen LogP contribution in [-0.2, 0) is 26.2 Å². The summed E-state index contributed by atoms with van der Waals surface area (Å²) in [5, 5.41) is 3.97. The number of anilines is 1. The molecule has 0 bridgehead atoms. The molecule has 1 unspecified atom stereocenters. The van der Waals surface area contributed by atoms with E-state index in [1.165, 1.54) is 29.2 Å². The lowest BCUT2D eigenvalue weighted by molar-refractivity contribution is -0.140. The van der Waals surface area contributed by atoms with Crippen LogP contribution >= 0.6 is 46.4 Å². The highest BCUT2D eigenvalue weighted by molar-refractivity contribution is 7.92. The third-order valence-corrected chi connectivity index (χ3v) is 11.0. The van der Waals surface area contributed by atoms with E-state index in [1.807, 2.05) is 13.8 Å². The molecule has 7 nitrogen and oxygen atoms in total. The Morgan fingerprint density at radius 3 is 2.25 bits per heavy atom. The first kappa shape index (κ1) is 34.4. The van der Waals surface area contributed by atoms with E-state index in [0.29, 0.717) is 15.6 Å². The van der Waals surface area contributed by atoms with Gasteiger partial charge in [-0.1, -0.05) is 102 Å². The fraction of sp³-hybridized carbons (Fsp3) is 0.375. The molecule has 1 aliphatic rings. The summed E-state index contributed by atoms with van der Waals surface area (Å²) < 4.78 is 29.1. The molecule has 0 spiro atoms. The number of nitrogens with zero attached hydrogens (tertiary/aromatic N) is 2. The third kappa shape index (κ3) is 8.20. The lowest BCUT2D eigenvalue weighted by Gasteiger charge is -2.34. The first-order valence-electron chi connectivity index (χ1n) is 14.5. The van der Waals surface area contributed by atoms with Crippen LogP contribution in [0.1, 0.15) is 56.6 Å². The fourth-order valence-electron chi connectivity index (χ4n) is 5.33. The minimum absolute atomic E-state index is 0.0186. The molecule has 4 rings (SSSR count). The number of nitrogens with one attached hydrogen (secondary N) is 1. The van der Waals surface area contributed by atoms with Gasteiger partial charge >= 0.3 is 0 Å². The standard InChI is InChI=1S/C32H35Cl4N3O4S/c1-3-28(32(41)37-24-8-5-4-6-9-24)38(19-22-14-15-23(33)18-27(22)35)30(40)20-39(29-11-7-10-26(34)31(29)36)44(42,43)25-16-12-21(2)13-17-25/h7,10-18,24,28H,3-6,8-9,19-20H2,1-2H3,(H,37,41). The van der Waals surface area contributed by atoms with E-state index in [2.05, 4.69) is 5.32 Å². The van der Waals surface area contributed by atoms with Crippen LogP contribution in [-0.4, -0.2) is 43.8 Å². The number of hydrogen-bond donors (Lipinski definition) is 1. The highest BCUT2D eigenvalue weighted by Crippen LogP contribution is 2.36. The molecule has 0 aliphatic heterocycles. The smallest absolute Gasteiger partial charge is 0.264 e. The molecule has 2 amide bonds. The van der Waals surface area contributed by atoms with Crippen molar-refractivity contribution in [2.75, 3.05) is 10.8 Å². The molecule has 12 heteroatoms. The highest BCUT2D eigenvalue weighted by Gasteiger charge is 2.35. The summed E-state index contributed by atoms with van der Waals surface area (Å²) in [7, 11) is -4.30. The van der Waals surface area contributed by atoms with E-state index in [1.54, 1.807) is 36.4 Å². The van der Waals surface area contributed by atoms with Crippen molar-refractivity contribution in [2.45, 2.75) is 75.9 Å². The molecule has 1 fully saturated rings. The third-order valence-electron chi connectivity index (χ3n) is 7.78. The summed E-state index contributed by atoms with van der Waals surface area (Å²) in [5.41, 5.74) is 1.47.